The highest BCUT2D eigenvalue weighted by Crippen LogP contribution is 2.32. The van der Waals surface area contributed by atoms with Gasteiger partial charge < -0.3 is 9.84 Å². The molecular weight excluding hydrogens is 260 g/mol. The minimum absolute atomic E-state index is 0.335. The second-order valence-electron chi connectivity index (χ2n) is 6.05. The predicted octanol–water partition coefficient (Wildman–Crippen LogP) is 4.25. The maximum atomic E-state index is 10.1. The van der Waals surface area contributed by atoms with Gasteiger partial charge in [-0.1, -0.05) is 35.4 Å². The topological polar surface area (TPSA) is 29.5 Å². The van der Waals surface area contributed by atoms with Crippen LogP contribution in [0.4, 0.5) is 0 Å². The van der Waals surface area contributed by atoms with Gasteiger partial charge in [0.15, 0.2) is 0 Å². The van der Waals surface area contributed by atoms with Crippen LogP contribution in [0.15, 0.2) is 36.4 Å². The van der Waals surface area contributed by atoms with Gasteiger partial charge in [0.1, 0.15) is 12.4 Å². The average Bonchev–Trinajstić information content (AvgIpc) is 2.45. The standard InChI is InChI=1S/C19H22O2/c1-13-8-14(2)10-15(9-13)12-21-17-7-6-16-4-3-5-19(20)18(16)11-17/h6-11,19-20H,3-5,12H2,1-2H3/t19-/m0/s1. The monoisotopic (exact) mass is 282 g/mol. The van der Waals surface area contributed by atoms with Crippen molar-refractivity contribution in [2.45, 2.75) is 45.8 Å². The summed E-state index contributed by atoms with van der Waals surface area (Å²) in [6, 6.07) is 12.6. The normalized spacial score (nSPS) is 17.4. The molecule has 0 unspecified atom stereocenters. The molecule has 2 nitrogen and oxygen atoms in total. The number of benzene rings is 2. The lowest BCUT2D eigenvalue weighted by Gasteiger charge is -2.22. The van der Waals surface area contributed by atoms with Crippen molar-refractivity contribution in [3.05, 3.63) is 64.2 Å². The Balaban J connectivity index is 1.75. The highest BCUT2D eigenvalue weighted by atomic mass is 16.5. The SMILES string of the molecule is Cc1cc(C)cc(COc2ccc3c(c2)[C@@H](O)CCC3)c1. The lowest BCUT2D eigenvalue weighted by Crippen LogP contribution is -2.09. The van der Waals surface area contributed by atoms with Crippen molar-refractivity contribution in [3.8, 4) is 5.75 Å². The number of aliphatic hydroxyl groups excluding tert-OH is 1. The van der Waals surface area contributed by atoms with Gasteiger partial charge >= 0.3 is 0 Å². The summed E-state index contributed by atoms with van der Waals surface area (Å²) in [4.78, 5) is 0. The fourth-order valence-electron chi connectivity index (χ4n) is 3.16. The highest BCUT2D eigenvalue weighted by molar-refractivity contribution is 5.38. The minimum Gasteiger partial charge on any atom is -0.489 e. The number of aliphatic hydroxyl groups is 1. The summed E-state index contributed by atoms with van der Waals surface area (Å²) in [5.41, 5.74) is 6.00. The van der Waals surface area contributed by atoms with Crippen molar-refractivity contribution in [1.29, 1.82) is 0 Å². The Morgan fingerprint density at radius 1 is 1.10 bits per heavy atom. The number of rotatable bonds is 3. The summed E-state index contributed by atoms with van der Waals surface area (Å²) in [7, 11) is 0. The first-order chi connectivity index (χ1) is 10.1. The number of hydrogen-bond donors (Lipinski definition) is 1. The van der Waals surface area contributed by atoms with E-state index in [0.29, 0.717) is 6.61 Å². The summed E-state index contributed by atoms with van der Waals surface area (Å²) in [6.07, 6.45) is 2.65. The summed E-state index contributed by atoms with van der Waals surface area (Å²) >= 11 is 0. The molecule has 0 heterocycles. The molecule has 1 atom stereocenters. The van der Waals surface area contributed by atoms with Crippen LogP contribution in [0.3, 0.4) is 0 Å². The first-order valence-electron chi connectivity index (χ1n) is 7.63. The first-order valence-corrected chi connectivity index (χ1v) is 7.63. The molecule has 110 valence electrons. The molecule has 2 aromatic carbocycles. The van der Waals surface area contributed by atoms with E-state index in [-0.39, 0.29) is 6.10 Å². The van der Waals surface area contributed by atoms with Crippen LogP contribution in [0.5, 0.6) is 5.75 Å². The molecule has 0 bridgehead atoms. The van der Waals surface area contributed by atoms with Gasteiger partial charge in [0.2, 0.25) is 0 Å². The fourth-order valence-corrected chi connectivity index (χ4v) is 3.16. The van der Waals surface area contributed by atoms with E-state index in [4.69, 9.17) is 4.74 Å². The average molecular weight is 282 g/mol. The van der Waals surface area contributed by atoms with E-state index in [2.05, 4.69) is 38.1 Å². The van der Waals surface area contributed by atoms with Gasteiger partial charge in [-0.15, -0.1) is 0 Å². The molecule has 0 aromatic heterocycles. The van der Waals surface area contributed by atoms with Gasteiger partial charge in [0, 0.05) is 0 Å². The second kappa shape index (κ2) is 5.90. The van der Waals surface area contributed by atoms with E-state index in [1.807, 2.05) is 12.1 Å². The molecule has 21 heavy (non-hydrogen) atoms. The van der Waals surface area contributed by atoms with E-state index in [9.17, 15) is 5.11 Å². The van der Waals surface area contributed by atoms with Gasteiger partial charge in [-0.25, -0.2) is 0 Å². The molecule has 0 saturated carbocycles. The molecule has 0 fully saturated rings. The van der Waals surface area contributed by atoms with E-state index in [0.717, 1.165) is 30.6 Å². The minimum atomic E-state index is -0.335. The molecule has 1 N–H and O–H groups in total. The molecule has 2 heteroatoms. The summed E-state index contributed by atoms with van der Waals surface area (Å²) < 4.78 is 5.91. The van der Waals surface area contributed by atoms with E-state index >= 15 is 0 Å². The molecule has 0 spiro atoms. The van der Waals surface area contributed by atoms with Gasteiger partial charge in [0.05, 0.1) is 6.10 Å². The fraction of sp³-hybridized carbons (Fsp3) is 0.368. The largest absolute Gasteiger partial charge is 0.489 e. The summed E-state index contributed by atoms with van der Waals surface area (Å²) in [5.74, 6) is 0.842. The van der Waals surface area contributed by atoms with Crippen molar-refractivity contribution < 1.29 is 9.84 Å². The Labute approximate surface area is 126 Å². The number of ether oxygens (including phenoxy) is 1. The maximum Gasteiger partial charge on any atom is 0.120 e. The number of aryl methyl sites for hydroxylation is 3. The summed E-state index contributed by atoms with van der Waals surface area (Å²) in [5, 5.41) is 10.1. The quantitative estimate of drug-likeness (QED) is 0.911. The van der Waals surface area contributed by atoms with Crippen molar-refractivity contribution >= 4 is 0 Å². The number of hydrogen-bond acceptors (Lipinski definition) is 2. The maximum absolute atomic E-state index is 10.1. The van der Waals surface area contributed by atoms with Crippen LogP contribution < -0.4 is 4.74 Å². The summed E-state index contributed by atoms with van der Waals surface area (Å²) in [6.45, 7) is 4.77. The Kier molecular flexibility index (Phi) is 3.98. The van der Waals surface area contributed by atoms with Crippen LogP contribution in [-0.4, -0.2) is 5.11 Å². The third-order valence-electron chi connectivity index (χ3n) is 4.09. The molecule has 3 rings (SSSR count). The molecule has 0 radical (unpaired) electrons. The lowest BCUT2D eigenvalue weighted by atomic mass is 9.89. The Hall–Kier alpha value is -1.80. The van der Waals surface area contributed by atoms with Crippen LogP contribution in [0.2, 0.25) is 0 Å². The molecule has 0 aliphatic heterocycles. The molecule has 2 aromatic rings. The van der Waals surface area contributed by atoms with Crippen molar-refractivity contribution in [1.82, 2.24) is 0 Å². The first kappa shape index (κ1) is 14.2. The smallest absolute Gasteiger partial charge is 0.120 e. The van der Waals surface area contributed by atoms with Gasteiger partial charge in [-0.2, -0.15) is 0 Å². The highest BCUT2D eigenvalue weighted by Gasteiger charge is 2.18. The Morgan fingerprint density at radius 2 is 1.86 bits per heavy atom. The number of fused-ring (bicyclic) bond motifs is 1. The Morgan fingerprint density at radius 3 is 2.62 bits per heavy atom. The zero-order valence-electron chi connectivity index (χ0n) is 12.7. The van der Waals surface area contributed by atoms with Crippen LogP contribution in [0, 0.1) is 13.8 Å². The zero-order valence-corrected chi connectivity index (χ0v) is 12.7. The van der Waals surface area contributed by atoms with E-state index < -0.39 is 0 Å². The van der Waals surface area contributed by atoms with Crippen LogP contribution in [-0.2, 0) is 13.0 Å². The van der Waals surface area contributed by atoms with Crippen molar-refractivity contribution in [2.24, 2.45) is 0 Å². The van der Waals surface area contributed by atoms with Gasteiger partial charge in [-0.05, 0) is 61.9 Å². The van der Waals surface area contributed by atoms with Crippen molar-refractivity contribution in [2.75, 3.05) is 0 Å². The molecule has 1 aliphatic carbocycles. The molecular formula is C19H22O2. The van der Waals surface area contributed by atoms with Gasteiger partial charge in [-0.3, -0.25) is 0 Å². The molecule has 0 amide bonds. The lowest BCUT2D eigenvalue weighted by molar-refractivity contribution is 0.156. The second-order valence-corrected chi connectivity index (χ2v) is 6.05. The zero-order chi connectivity index (χ0) is 14.8. The molecule has 1 aliphatic rings. The van der Waals surface area contributed by atoms with E-state index in [1.54, 1.807) is 0 Å². The van der Waals surface area contributed by atoms with Gasteiger partial charge in [0.25, 0.3) is 0 Å². The predicted molar refractivity (Wildman–Crippen MR) is 84.6 cm³/mol. The molecule has 0 saturated heterocycles. The van der Waals surface area contributed by atoms with Crippen LogP contribution in [0.1, 0.15) is 46.8 Å². The van der Waals surface area contributed by atoms with E-state index in [1.165, 1.54) is 22.3 Å². The third-order valence-corrected chi connectivity index (χ3v) is 4.09. The van der Waals surface area contributed by atoms with Crippen LogP contribution >= 0.6 is 0 Å². The van der Waals surface area contributed by atoms with Crippen molar-refractivity contribution in [3.63, 3.8) is 0 Å². The third kappa shape index (κ3) is 3.27. The van der Waals surface area contributed by atoms with Crippen LogP contribution in [0.25, 0.3) is 0 Å². The Bertz CT molecular complexity index is 626.